The first-order chi connectivity index (χ1) is 8.40. The summed E-state index contributed by atoms with van der Waals surface area (Å²) in [6.45, 7) is 4.02. The van der Waals surface area contributed by atoms with E-state index in [1.165, 1.54) is 25.7 Å². The van der Waals surface area contributed by atoms with Crippen LogP contribution in [0.25, 0.3) is 0 Å². The van der Waals surface area contributed by atoms with Crippen molar-refractivity contribution in [2.75, 3.05) is 24.6 Å². The lowest BCUT2D eigenvalue weighted by Crippen LogP contribution is -2.52. The second-order valence-corrected chi connectivity index (χ2v) is 8.39. The van der Waals surface area contributed by atoms with Crippen molar-refractivity contribution in [2.45, 2.75) is 44.6 Å². The van der Waals surface area contributed by atoms with Crippen molar-refractivity contribution < 1.29 is 8.76 Å². The molecule has 2 saturated heterocycles. The third-order valence-corrected chi connectivity index (χ3v) is 6.11. The van der Waals surface area contributed by atoms with Gasteiger partial charge in [-0.15, -0.1) is 0 Å². The lowest BCUT2D eigenvalue weighted by Gasteiger charge is -2.30. The van der Waals surface area contributed by atoms with Crippen molar-refractivity contribution in [1.82, 2.24) is 10.2 Å². The van der Waals surface area contributed by atoms with E-state index < -0.39 is 10.2 Å². The van der Waals surface area contributed by atoms with Gasteiger partial charge in [-0.25, -0.2) is 0 Å². The predicted octanol–water partition coefficient (Wildman–Crippen LogP) is 1.87. The lowest BCUT2D eigenvalue weighted by molar-refractivity contribution is 0.388. The van der Waals surface area contributed by atoms with Gasteiger partial charge in [0.2, 0.25) is 10.2 Å². The first-order valence-electron chi connectivity index (χ1n) is 6.69. The molecule has 0 bridgehead atoms. The van der Waals surface area contributed by atoms with Gasteiger partial charge in [-0.1, -0.05) is 17.1 Å². The van der Waals surface area contributed by atoms with E-state index in [1.807, 2.05) is 6.92 Å². The number of hydrogen-bond donors (Lipinski definition) is 2. The first kappa shape index (κ1) is 14.2. The molecule has 2 fully saturated rings. The molecule has 0 aromatic carbocycles. The second-order valence-electron chi connectivity index (χ2n) is 5.76. The molecule has 2 atom stereocenters. The molecule has 0 saturated carbocycles. The molecule has 0 amide bonds. The third-order valence-electron chi connectivity index (χ3n) is 3.82. The number of rotatable bonds is 1. The Balaban J connectivity index is 1.92. The summed E-state index contributed by atoms with van der Waals surface area (Å²) in [7, 11) is -2.63. The maximum atomic E-state index is 11.7. The minimum Gasteiger partial charge on any atom is -0.352 e. The monoisotopic (exact) mass is 291 g/mol. The second kappa shape index (κ2) is 5.43. The number of likely N-dealkylation sites (tertiary alicyclic amines) is 1. The zero-order valence-electron chi connectivity index (χ0n) is 11.0. The van der Waals surface area contributed by atoms with E-state index in [-0.39, 0.29) is 5.54 Å². The van der Waals surface area contributed by atoms with E-state index >= 15 is 0 Å². The Morgan fingerprint density at radius 2 is 1.94 bits per heavy atom. The Bertz CT molecular complexity index is 367. The van der Waals surface area contributed by atoms with Crippen molar-refractivity contribution in [3.8, 4) is 0 Å². The van der Waals surface area contributed by atoms with Gasteiger partial charge in [-0.3, -0.25) is 0 Å². The molecule has 104 valence electrons. The molecule has 1 unspecified atom stereocenters. The van der Waals surface area contributed by atoms with E-state index in [0.717, 1.165) is 24.6 Å². The Morgan fingerprint density at radius 1 is 1.33 bits per heavy atom. The van der Waals surface area contributed by atoms with Crippen LogP contribution in [0.15, 0.2) is 0 Å². The van der Waals surface area contributed by atoms with E-state index in [0.29, 0.717) is 11.5 Å². The Kier molecular flexibility index (Phi) is 4.29. The van der Waals surface area contributed by atoms with Gasteiger partial charge in [-0.2, -0.15) is 4.55 Å². The molecular formula is C12H23N2O2S2+. The maximum absolute atomic E-state index is 11.7. The van der Waals surface area contributed by atoms with Gasteiger partial charge >= 0.3 is 0 Å². The molecule has 4 nitrogen and oxygen atoms in total. The zero-order valence-corrected chi connectivity index (χ0v) is 12.6. The average Bonchev–Trinajstić information content (AvgIpc) is 2.49. The summed E-state index contributed by atoms with van der Waals surface area (Å²) in [5.41, 5.74) is -0.310. The number of hydrogen-bond acceptors (Lipinski definition) is 2. The standard InChI is InChI=1S/C12H22N2O2S2/c1-12(6-9-18(15,16)10-12)13-11(17)14-7-4-2-3-5-8-14/h2-10H2,1H3,(H-,13,15,16,17)/p+1/t12-/m0/s1. The van der Waals surface area contributed by atoms with Crippen molar-refractivity contribution >= 4 is 27.5 Å². The highest BCUT2D eigenvalue weighted by Crippen LogP contribution is 2.26. The largest absolute Gasteiger partial charge is 0.352 e. The normalized spacial score (nSPS) is 37.3. The average molecular weight is 291 g/mol. The SMILES string of the molecule is C[C@]1(NC(=S)N2CCCCCC2)CC[S+](=O)(O)C1. The first-order valence-corrected chi connectivity index (χ1v) is 8.96. The van der Waals surface area contributed by atoms with Gasteiger partial charge < -0.3 is 10.2 Å². The fraction of sp³-hybridized carbons (Fsp3) is 0.917. The van der Waals surface area contributed by atoms with Crippen LogP contribution in [0.5, 0.6) is 0 Å². The van der Waals surface area contributed by atoms with Gasteiger partial charge in [0.25, 0.3) is 0 Å². The van der Waals surface area contributed by atoms with E-state index in [2.05, 4.69) is 10.2 Å². The third kappa shape index (κ3) is 3.65. The van der Waals surface area contributed by atoms with Gasteiger partial charge in [0.15, 0.2) is 10.9 Å². The number of nitrogens with zero attached hydrogens (tertiary/aromatic N) is 1. The fourth-order valence-electron chi connectivity index (χ4n) is 2.74. The molecule has 18 heavy (non-hydrogen) atoms. The maximum Gasteiger partial charge on any atom is 0.216 e. The van der Waals surface area contributed by atoms with Crippen LogP contribution in [0, 0.1) is 0 Å². The molecule has 0 aromatic rings. The Morgan fingerprint density at radius 3 is 2.44 bits per heavy atom. The summed E-state index contributed by atoms with van der Waals surface area (Å²) in [4.78, 5) is 2.21. The molecule has 0 aliphatic carbocycles. The van der Waals surface area contributed by atoms with Gasteiger partial charge in [0, 0.05) is 19.5 Å². The predicted molar refractivity (Wildman–Crippen MR) is 79.2 cm³/mol. The molecule has 2 heterocycles. The Labute approximate surface area is 116 Å². The van der Waals surface area contributed by atoms with E-state index in [4.69, 9.17) is 12.2 Å². The van der Waals surface area contributed by atoms with Crippen LogP contribution in [0.1, 0.15) is 39.0 Å². The van der Waals surface area contributed by atoms with E-state index in [9.17, 15) is 8.76 Å². The summed E-state index contributed by atoms with van der Waals surface area (Å²) >= 11 is 5.46. The van der Waals surface area contributed by atoms with Crippen molar-refractivity contribution in [2.24, 2.45) is 0 Å². The van der Waals surface area contributed by atoms with Crippen molar-refractivity contribution in [3.05, 3.63) is 0 Å². The van der Waals surface area contributed by atoms with E-state index in [1.54, 1.807) is 0 Å². The van der Waals surface area contributed by atoms with Crippen LogP contribution in [0.2, 0.25) is 0 Å². The lowest BCUT2D eigenvalue weighted by atomic mass is 10.0. The highest BCUT2D eigenvalue weighted by atomic mass is 32.3. The van der Waals surface area contributed by atoms with Crippen LogP contribution in [0.3, 0.4) is 0 Å². The molecule has 0 radical (unpaired) electrons. The summed E-state index contributed by atoms with van der Waals surface area (Å²) < 4.78 is 21.3. The summed E-state index contributed by atoms with van der Waals surface area (Å²) in [6.07, 6.45) is 5.66. The fourth-order valence-corrected chi connectivity index (χ4v) is 5.29. The van der Waals surface area contributed by atoms with Crippen molar-refractivity contribution in [1.29, 1.82) is 0 Å². The molecule has 0 aromatic heterocycles. The smallest absolute Gasteiger partial charge is 0.216 e. The number of nitrogens with one attached hydrogen (secondary N) is 1. The topological polar surface area (TPSA) is 52.6 Å². The highest BCUT2D eigenvalue weighted by Gasteiger charge is 2.47. The van der Waals surface area contributed by atoms with Crippen molar-refractivity contribution in [3.63, 3.8) is 0 Å². The van der Waals surface area contributed by atoms with Crippen LogP contribution >= 0.6 is 12.2 Å². The molecule has 0 spiro atoms. The van der Waals surface area contributed by atoms with Gasteiger partial charge in [0.05, 0.1) is 5.54 Å². The summed E-state index contributed by atoms with van der Waals surface area (Å²) in [6, 6.07) is 0. The summed E-state index contributed by atoms with van der Waals surface area (Å²) in [5.74, 6) is 0.701. The molecule has 2 rings (SSSR count). The molecule has 6 heteroatoms. The molecule has 2 N–H and O–H groups in total. The van der Waals surface area contributed by atoms with Crippen LogP contribution < -0.4 is 5.32 Å². The summed E-state index contributed by atoms with van der Waals surface area (Å²) in [5, 5.41) is 4.09. The minimum absolute atomic E-state index is 0.310. The molecule has 2 aliphatic rings. The van der Waals surface area contributed by atoms with Crippen LogP contribution in [-0.2, 0) is 14.4 Å². The molecule has 2 aliphatic heterocycles. The van der Waals surface area contributed by atoms with Gasteiger partial charge in [0.1, 0.15) is 5.75 Å². The molecular weight excluding hydrogens is 268 g/mol. The highest BCUT2D eigenvalue weighted by molar-refractivity contribution is 7.98. The van der Waals surface area contributed by atoms with Gasteiger partial charge in [-0.05, 0) is 32.0 Å². The zero-order chi connectivity index (χ0) is 13.2. The minimum atomic E-state index is -2.63. The Hall–Kier alpha value is -0.200. The van der Waals surface area contributed by atoms with Crippen LogP contribution in [0.4, 0.5) is 0 Å². The number of thiocarbonyl (C=S) groups is 1. The quantitative estimate of drug-likeness (QED) is 0.570. The van der Waals surface area contributed by atoms with Crippen LogP contribution in [-0.4, -0.2) is 44.7 Å².